The van der Waals surface area contributed by atoms with Crippen LogP contribution in [0, 0.1) is 0 Å². The second kappa shape index (κ2) is 10.4. The summed E-state index contributed by atoms with van der Waals surface area (Å²) in [6.07, 6.45) is 0.491. The topological polar surface area (TPSA) is 99.3 Å². The maximum Gasteiger partial charge on any atom is 0.269 e. The van der Waals surface area contributed by atoms with Gasteiger partial charge in [-0.1, -0.05) is 30.7 Å². The zero-order chi connectivity index (χ0) is 20.5. The van der Waals surface area contributed by atoms with Gasteiger partial charge in [-0.2, -0.15) is 0 Å². The Hall–Kier alpha value is -2.97. The van der Waals surface area contributed by atoms with Crippen LogP contribution in [-0.2, 0) is 16.0 Å². The molecular weight excluding hydrogens is 400 g/mol. The molecule has 7 nitrogen and oxygen atoms in total. The highest BCUT2D eigenvalue weighted by Gasteiger charge is 2.09. The zero-order valence-electron chi connectivity index (χ0n) is 15.0. The standard InChI is InChI=1S/C19H19ClN4O3S/c1-2-16(25)21-15-9-5-13(6-10-15)18(27)23-24-19(28)22-17(26)11-12-3-7-14(20)8-4-12/h3-10H,2,11H2,1H3,(H,21,25)(H,23,27)(H2,22,24,26,28). The lowest BCUT2D eigenvalue weighted by Crippen LogP contribution is -2.48. The molecule has 2 aromatic rings. The lowest BCUT2D eigenvalue weighted by molar-refractivity contribution is -0.119. The molecule has 0 aliphatic rings. The maximum absolute atomic E-state index is 12.1. The van der Waals surface area contributed by atoms with Crippen LogP contribution in [-0.4, -0.2) is 22.8 Å². The van der Waals surface area contributed by atoms with E-state index in [0.29, 0.717) is 22.7 Å². The summed E-state index contributed by atoms with van der Waals surface area (Å²) in [7, 11) is 0. The third kappa shape index (κ3) is 6.98. The van der Waals surface area contributed by atoms with E-state index >= 15 is 0 Å². The lowest BCUT2D eigenvalue weighted by Gasteiger charge is -2.11. The van der Waals surface area contributed by atoms with E-state index in [1.807, 2.05) is 0 Å². The normalized spacial score (nSPS) is 9.93. The van der Waals surface area contributed by atoms with E-state index in [1.54, 1.807) is 55.5 Å². The predicted octanol–water partition coefficient (Wildman–Crippen LogP) is 2.57. The van der Waals surface area contributed by atoms with Crippen LogP contribution < -0.4 is 21.5 Å². The number of amides is 3. The van der Waals surface area contributed by atoms with E-state index in [4.69, 9.17) is 23.8 Å². The molecule has 9 heteroatoms. The third-order valence-corrected chi connectivity index (χ3v) is 4.03. The van der Waals surface area contributed by atoms with Crippen LogP contribution in [0.4, 0.5) is 5.69 Å². The average Bonchev–Trinajstić information content (AvgIpc) is 2.68. The van der Waals surface area contributed by atoms with Crippen LogP contribution >= 0.6 is 23.8 Å². The number of hydrazine groups is 1. The van der Waals surface area contributed by atoms with Gasteiger partial charge >= 0.3 is 0 Å². The Balaban J connectivity index is 1.78. The molecule has 0 bridgehead atoms. The van der Waals surface area contributed by atoms with Crippen molar-refractivity contribution in [3.63, 3.8) is 0 Å². The Morgan fingerprint density at radius 2 is 1.57 bits per heavy atom. The van der Waals surface area contributed by atoms with Crippen molar-refractivity contribution in [3.8, 4) is 0 Å². The molecule has 28 heavy (non-hydrogen) atoms. The first kappa shape index (κ1) is 21.3. The van der Waals surface area contributed by atoms with E-state index in [1.165, 1.54) is 0 Å². The maximum atomic E-state index is 12.1. The van der Waals surface area contributed by atoms with Gasteiger partial charge in [0.15, 0.2) is 5.11 Å². The smallest absolute Gasteiger partial charge is 0.269 e. The molecular formula is C19H19ClN4O3S. The number of thiocarbonyl (C=S) groups is 1. The Morgan fingerprint density at radius 1 is 0.929 bits per heavy atom. The first-order chi connectivity index (χ1) is 13.4. The van der Waals surface area contributed by atoms with E-state index in [9.17, 15) is 14.4 Å². The van der Waals surface area contributed by atoms with Crippen molar-refractivity contribution in [1.29, 1.82) is 0 Å². The highest BCUT2D eigenvalue weighted by Crippen LogP contribution is 2.10. The SMILES string of the molecule is CCC(=O)Nc1ccc(C(=O)NNC(=S)NC(=O)Cc2ccc(Cl)cc2)cc1. The van der Waals surface area contributed by atoms with Crippen LogP contribution in [0.2, 0.25) is 5.02 Å². The number of benzene rings is 2. The number of hydrogen-bond donors (Lipinski definition) is 4. The summed E-state index contributed by atoms with van der Waals surface area (Å²) in [6, 6.07) is 13.2. The monoisotopic (exact) mass is 418 g/mol. The Morgan fingerprint density at radius 3 is 2.18 bits per heavy atom. The number of carbonyl (C=O) groups excluding carboxylic acids is 3. The van der Waals surface area contributed by atoms with Crippen molar-refractivity contribution >= 4 is 52.3 Å². The van der Waals surface area contributed by atoms with Gasteiger partial charge in [-0.3, -0.25) is 25.2 Å². The minimum atomic E-state index is -0.442. The largest absolute Gasteiger partial charge is 0.326 e. The van der Waals surface area contributed by atoms with Gasteiger partial charge in [0.05, 0.1) is 6.42 Å². The van der Waals surface area contributed by atoms with Crippen LogP contribution in [0.1, 0.15) is 29.3 Å². The second-order valence-electron chi connectivity index (χ2n) is 5.74. The van der Waals surface area contributed by atoms with Crippen molar-refractivity contribution < 1.29 is 14.4 Å². The van der Waals surface area contributed by atoms with Gasteiger partial charge in [0.25, 0.3) is 5.91 Å². The van der Waals surface area contributed by atoms with Crippen molar-refractivity contribution in [1.82, 2.24) is 16.2 Å². The van der Waals surface area contributed by atoms with Crippen molar-refractivity contribution in [2.45, 2.75) is 19.8 Å². The summed E-state index contributed by atoms with van der Waals surface area (Å²) in [5.41, 5.74) is 6.61. The average molecular weight is 419 g/mol. The molecule has 0 saturated heterocycles. The van der Waals surface area contributed by atoms with Gasteiger partial charge in [0.2, 0.25) is 11.8 Å². The van der Waals surface area contributed by atoms with Gasteiger partial charge in [-0.25, -0.2) is 0 Å². The molecule has 0 aliphatic heterocycles. The highest BCUT2D eigenvalue weighted by atomic mass is 35.5. The number of carbonyl (C=O) groups is 3. The summed E-state index contributed by atoms with van der Waals surface area (Å²) in [6.45, 7) is 1.75. The number of anilines is 1. The molecule has 146 valence electrons. The molecule has 0 spiro atoms. The molecule has 4 N–H and O–H groups in total. The number of nitrogens with one attached hydrogen (secondary N) is 4. The molecule has 3 amide bonds. The Labute approximate surface area is 172 Å². The summed E-state index contributed by atoms with van der Waals surface area (Å²) in [5.74, 6) is -0.883. The van der Waals surface area contributed by atoms with E-state index < -0.39 is 5.91 Å². The second-order valence-corrected chi connectivity index (χ2v) is 6.58. The van der Waals surface area contributed by atoms with Crippen molar-refractivity contribution in [3.05, 3.63) is 64.7 Å². The van der Waals surface area contributed by atoms with E-state index in [2.05, 4.69) is 21.5 Å². The third-order valence-electron chi connectivity index (χ3n) is 3.57. The van der Waals surface area contributed by atoms with Crippen molar-refractivity contribution in [2.75, 3.05) is 5.32 Å². The first-order valence-electron chi connectivity index (χ1n) is 8.42. The summed E-state index contributed by atoms with van der Waals surface area (Å²) in [5, 5.41) is 5.72. The van der Waals surface area contributed by atoms with Gasteiger partial charge in [-0.05, 0) is 54.2 Å². The van der Waals surface area contributed by atoms with Gasteiger partial charge < -0.3 is 10.6 Å². The lowest BCUT2D eigenvalue weighted by atomic mass is 10.1. The fraction of sp³-hybridized carbons (Fsp3) is 0.158. The predicted molar refractivity (Wildman–Crippen MR) is 112 cm³/mol. The van der Waals surface area contributed by atoms with Crippen LogP contribution in [0.3, 0.4) is 0 Å². The summed E-state index contributed by atoms with van der Waals surface area (Å²) >= 11 is 10.8. The van der Waals surface area contributed by atoms with E-state index in [0.717, 1.165) is 5.56 Å². The molecule has 0 saturated carbocycles. The molecule has 0 atom stereocenters. The molecule has 0 unspecified atom stereocenters. The van der Waals surface area contributed by atoms with Crippen LogP contribution in [0.5, 0.6) is 0 Å². The summed E-state index contributed by atoms with van der Waals surface area (Å²) < 4.78 is 0. The Kier molecular flexibility index (Phi) is 7.91. The quantitative estimate of drug-likeness (QED) is 0.442. The fourth-order valence-electron chi connectivity index (χ4n) is 2.13. The van der Waals surface area contributed by atoms with Gasteiger partial charge in [0, 0.05) is 22.7 Å². The number of hydrogen-bond acceptors (Lipinski definition) is 4. The number of rotatable bonds is 5. The van der Waals surface area contributed by atoms with Crippen molar-refractivity contribution in [2.24, 2.45) is 0 Å². The minimum absolute atomic E-state index is 0.0286. The molecule has 2 aromatic carbocycles. The summed E-state index contributed by atoms with van der Waals surface area (Å²) in [4.78, 5) is 35.4. The molecule has 2 rings (SSSR count). The highest BCUT2D eigenvalue weighted by molar-refractivity contribution is 7.80. The zero-order valence-corrected chi connectivity index (χ0v) is 16.6. The molecule has 0 heterocycles. The van der Waals surface area contributed by atoms with Gasteiger partial charge in [-0.15, -0.1) is 0 Å². The molecule has 0 fully saturated rings. The number of halogens is 1. The molecule has 0 aliphatic carbocycles. The first-order valence-corrected chi connectivity index (χ1v) is 9.20. The van der Waals surface area contributed by atoms with Crippen LogP contribution in [0.15, 0.2) is 48.5 Å². The molecule has 0 radical (unpaired) electrons. The van der Waals surface area contributed by atoms with Crippen LogP contribution in [0.25, 0.3) is 0 Å². The van der Waals surface area contributed by atoms with Gasteiger partial charge in [0.1, 0.15) is 0 Å². The Bertz CT molecular complexity index is 870. The van der Waals surface area contributed by atoms with E-state index in [-0.39, 0.29) is 23.3 Å². The molecule has 0 aromatic heterocycles. The fourth-order valence-corrected chi connectivity index (χ4v) is 2.42. The minimum Gasteiger partial charge on any atom is -0.326 e.